The van der Waals surface area contributed by atoms with Crippen LogP contribution < -0.4 is 0 Å². The van der Waals surface area contributed by atoms with Crippen LogP contribution in [0.3, 0.4) is 0 Å². The zero-order valence-electron chi connectivity index (χ0n) is 36.6. The van der Waals surface area contributed by atoms with Gasteiger partial charge in [0.15, 0.2) is 11.6 Å². The molecule has 3 aliphatic heterocycles. The van der Waals surface area contributed by atoms with E-state index in [1.54, 1.807) is 0 Å². The third-order valence-electron chi connectivity index (χ3n) is 13.5. The fraction of sp³-hybridized carbons (Fsp3) is 0.440. The number of Topliss-reactive ketones (excluding diaryl/α,β-unsaturated/α-hetero) is 2. The van der Waals surface area contributed by atoms with Crippen LogP contribution in [0.15, 0.2) is 83.3 Å². The van der Waals surface area contributed by atoms with E-state index in [2.05, 4.69) is 136 Å². The largest absolute Gasteiger partial charge is 0.379 e. The summed E-state index contributed by atoms with van der Waals surface area (Å²) < 4.78 is 13.0. The maximum atomic E-state index is 13.4. The second-order valence-corrected chi connectivity index (χ2v) is 20.2. The summed E-state index contributed by atoms with van der Waals surface area (Å²) in [6, 6.07) is 27.5. The SMILES string of the molecule is CC1(C)c2cc(Br)ccc2-c2ccc(C(=O)C(C)(C)N3CCOCC3)cc21.CC1(C)c2ccccc2-c2ccc(C(=O)C(C)(C)N3CCOCC3)cc21.O=C1CCC(=O)N1Br. The normalized spacial score (nSPS) is 19.1. The summed E-state index contributed by atoms with van der Waals surface area (Å²) in [6.07, 6.45) is 0.703. The van der Waals surface area contributed by atoms with Gasteiger partial charge in [-0.15, -0.1) is 0 Å². The monoisotopic (exact) mass is 953 g/mol. The van der Waals surface area contributed by atoms with E-state index < -0.39 is 11.1 Å². The predicted molar refractivity (Wildman–Crippen MR) is 247 cm³/mol. The number of rotatable bonds is 6. The van der Waals surface area contributed by atoms with Gasteiger partial charge in [0.2, 0.25) is 11.8 Å². The van der Waals surface area contributed by atoms with Gasteiger partial charge in [-0.2, -0.15) is 0 Å². The topological polar surface area (TPSA) is 96.5 Å². The van der Waals surface area contributed by atoms with Crippen molar-refractivity contribution in [2.75, 3.05) is 52.6 Å². The molecule has 9 rings (SSSR count). The minimum Gasteiger partial charge on any atom is -0.379 e. The number of ether oxygens (including phenoxy) is 2. The highest BCUT2D eigenvalue weighted by atomic mass is 79.9. The molecule has 2 amide bonds. The molecule has 3 saturated heterocycles. The average molecular weight is 956 g/mol. The minimum absolute atomic E-state index is 0.0781. The lowest BCUT2D eigenvalue weighted by molar-refractivity contribution is -0.131. The highest BCUT2D eigenvalue weighted by Gasteiger charge is 2.41. The van der Waals surface area contributed by atoms with Crippen LogP contribution in [0.2, 0.25) is 0 Å². The van der Waals surface area contributed by atoms with Crippen LogP contribution in [0.5, 0.6) is 0 Å². The van der Waals surface area contributed by atoms with E-state index >= 15 is 0 Å². The molecule has 0 aromatic heterocycles. The smallest absolute Gasteiger partial charge is 0.239 e. The van der Waals surface area contributed by atoms with Gasteiger partial charge in [-0.25, -0.2) is 3.93 Å². The minimum atomic E-state index is -0.531. The van der Waals surface area contributed by atoms with E-state index in [4.69, 9.17) is 9.47 Å². The lowest BCUT2D eigenvalue weighted by Gasteiger charge is -2.39. The van der Waals surface area contributed by atoms with Crippen LogP contribution in [0.25, 0.3) is 22.3 Å². The number of hydrogen-bond acceptors (Lipinski definition) is 8. The number of fused-ring (bicyclic) bond motifs is 6. The van der Waals surface area contributed by atoms with Gasteiger partial charge in [0.05, 0.1) is 53.7 Å². The van der Waals surface area contributed by atoms with Crippen molar-refractivity contribution in [3.8, 4) is 22.3 Å². The maximum absolute atomic E-state index is 13.4. The summed E-state index contributed by atoms with van der Waals surface area (Å²) in [5.74, 6) is 0.0825. The van der Waals surface area contributed by atoms with Crippen LogP contribution in [-0.2, 0) is 29.9 Å². The Hall–Kier alpha value is -3.84. The van der Waals surface area contributed by atoms with E-state index in [-0.39, 0.29) is 34.2 Å². The summed E-state index contributed by atoms with van der Waals surface area (Å²) >= 11 is 6.40. The van der Waals surface area contributed by atoms with E-state index in [1.165, 1.54) is 44.5 Å². The molecule has 2 aliphatic carbocycles. The van der Waals surface area contributed by atoms with Crippen LogP contribution in [0.4, 0.5) is 0 Å². The molecule has 0 unspecified atom stereocenters. The molecule has 322 valence electrons. The third kappa shape index (κ3) is 8.51. The summed E-state index contributed by atoms with van der Waals surface area (Å²) in [5.41, 5.74) is 10.5. The van der Waals surface area contributed by atoms with E-state index in [0.29, 0.717) is 39.3 Å². The molecule has 0 bridgehead atoms. The molecule has 0 radical (unpaired) electrons. The second-order valence-electron chi connectivity index (χ2n) is 18.5. The first-order chi connectivity index (χ1) is 28.8. The zero-order chi connectivity index (χ0) is 44.1. The Morgan fingerprint density at radius 3 is 1.36 bits per heavy atom. The van der Waals surface area contributed by atoms with Crippen molar-refractivity contribution in [3.05, 3.63) is 117 Å². The molecular weight excluding hydrogens is 898 g/mol. The number of benzene rings is 4. The maximum Gasteiger partial charge on any atom is 0.239 e. The number of amides is 2. The summed E-state index contributed by atoms with van der Waals surface area (Å²) in [4.78, 5) is 52.1. The number of morpholine rings is 2. The van der Waals surface area contributed by atoms with Crippen LogP contribution in [-0.4, -0.2) is 101 Å². The lowest BCUT2D eigenvalue weighted by atomic mass is 9.81. The standard InChI is InChI=1S/C23H26BrNO2.C23H27NO2.C4H4BrNO2/c1-22(2)19-13-15(21(26)23(3,4)25-9-11-27-12-10-25)5-7-17(19)18-8-6-16(24)14-20(18)22;1-22(2)19-8-6-5-7-17(19)18-10-9-16(15-20(18)22)21(25)23(3,4)24-11-13-26-14-12-24;5-6-3(7)1-2-4(6)8/h5-8,13-14H,9-12H2,1-4H3;5-10,15H,11-14H2,1-4H3;1-2H2. The molecule has 61 heavy (non-hydrogen) atoms. The highest BCUT2D eigenvalue weighted by Crippen LogP contribution is 2.50. The molecule has 3 fully saturated rings. The molecule has 4 aromatic rings. The van der Waals surface area contributed by atoms with Crippen molar-refractivity contribution in [3.63, 3.8) is 0 Å². The van der Waals surface area contributed by atoms with Crippen LogP contribution in [0, 0.1) is 0 Å². The van der Waals surface area contributed by atoms with Crippen molar-refractivity contribution in [1.29, 1.82) is 0 Å². The molecule has 9 nitrogen and oxygen atoms in total. The van der Waals surface area contributed by atoms with Crippen molar-refractivity contribution < 1.29 is 28.7 Å². The van der Waals surface area contributed by atoms with E-state index in [0.717, 1.165) is 45.7 Å². The Morgan fingerprint density at radius 1 is 0.557 bits per heavy atom. The first kappa shape index (κ1) is 45.2. The molecule has 0 saturated carbocycles. The number of imide groups is 1. The molecule has 4 aromatic carbocycles. The third-order valence-corrected chi connectivity index (χ3v) is 14.7. The van der Waals surface area contributed by atoms with Crippen LogP contribution in [0.1, 0.15) is 111 Å². The molecule has 0 N–H and O–H groups in total. The molecule has 3 heterocycles. The number of carbonyl (C=O) groups is 4. The summed E-state index contributed by atoms with van der Waals surface area (Å²) in [5, 5.41) is 0. The molecular formula is C50H57Br2N3O6. The first-order valence-electron chi connectivity index (χ1n) is 21.2. The second kappa shape index (κ2) is 17.4. The Kier molecular flexibility index (Phi) is 12.9. The van der Waals surface area contributed by atoms with Crippen LogP contribution >= 0.6 is 32.1 Å². The van der Waals surface area contributed by atoms with E-state index in [1.807, 2.05) is 39.8 Å². The van der Waals surface area contributed by atoms with Gasteiger partial charge in [-0.3, -0.25) is 29.0 Å². The summed E-state index contributed by atoms with van der Waals surface area (Å²) in [6.45, 7) is 23.1. The first-order valence-corrected chi connectivity index (χ1v) is 22.7. The Bertz CT molecular complexity index is 2360. The Balaban J connectivity index is 0.000000156. The number of hydrogen-bond donors (Lipinski definition) is 0. The molecule has 5 aliphatic rings. The molecule has 11 heteroatoms. The zero-order valence-corrected chi connectivity index (χ0v) is 39.8. The fourth-order valence-corrected chi connectivity index (χ4v) is 10.2. The van der Waals surface area contributed by atoms with Gasteiger partial charge in [0, 0.05) is 65.5 Å². The van der Waals surface area contributed by atoms with Gasteiger partial charge in [-0.05, 0) is 96.5 Å². The van der Waals surface area contributed by atoms with Gasteiger partial charge >= 0.3 is 0 Å². The van der Waals surface area contributed by atoms with Gasteiger partial charge in [-0.1, -0.05) is 98.2 Å². The Labute approximate surface area is 377 Å². The number of ketones is 2. The van der Waals surface area contributed by atoms with Crippen molar-refractivity contribution in [2.45, 2.75) is 90.1 Å². The number of halogens is 2. The van der Waals surface area contributed by atoms with Gasteiger partial charge in [0.1, 0.15) is 0 Å². The van der Waals surface area contributed by atoms with Crippen molar-refractivity contribution >= 4 is 55.5 Å². The van der Waals surface area contributed by atoms with Gasteiger partial charge < -0.3 is 9.47 Å². The lowest BCUT2D eigenvalue weighted by Crippen LogP contribution is -2.54. The number of nitrogens with zero attached hydrogens (tertiary/aromatic N) is 3. The Morgan fingerprint density at radius 2 is 0.934 bits per heavy atom. The predicted octanol–water partition coefficient (Wildman–Crippen LogP) is 9.78. The van der Waals surface area contributed by atoms with Crippen molar-refractivity contribution in [2.24, 2.45) is 0 Å². The summed E-state index contributed by atoms with van der Waals surface area (Å²) in [7, 11) is 0. The van der Waals surface area contributed by atoms with Gasteiger partial charge in [0.25, 0.3) is 0 Å². The molecule has 0 spiro atoms. The fourth-order valence-electron chi connectivity index (χ4n) is 9.48. The highest BCUT2D eigenvalue weighted by molar-refractivity contribution is 9.10. The molecule has 0 atom stereocenters. The quantitative estimate of drug-likeness (QED) is 0.107. The van der Waals surface area contributed by atoms with Crippen molar-refractivity contribution in [1.82, 2.24) is 13.7 Å². The van der Waals surface area contributed by atoms with E-state index in [9.17, 15) is 19.2 Å². The number of carbonyl (C=O) groups excluding carboxylic acids is 4. The average Bonchev–Trinajstić information content (AvgIpc) is 3.78.